The molecule has 2 unspecified atom stereocenters. The summed E-state index contributed by atoms with van der Waals surface area (Å²) in [5.74, 6) is 0.615. The molecule has 118 valence electrons. The van der Waals surface area contributed by atoms with Crippen LogP contribution in [0.4, 0.5) is 0 Å². The fourth-order valence-electron chi connectivity index (χ4n) is 2.53. The molecule has 0 amide bonds. The number of ether oxygens (including phenoxy) is 1. The van der Waals surface area contributed by atoms with E-state index in [2.05, 4.69) is 5.32 Å². The first kappa shape index (κ1) is 17.8. The maximum absolute atomic E-state index is 12.1. The number of esters is 1. The van der Waals surface area contributed by atoms with Crippen LogP contribution in [0.2, 0.25) is 0 Å². The molecule has 0 aromatic heterocycles. The Kier molecular flexibility index (Phi) is 6.81. The lowest BCUT2D eigenvalue weighted by Gasteiger charge is -2.27. The molecule has 0 saturated heterocycles. The van der Waals surface area contributed by atoms with Gasteiger partial charge in [-0.2, -0.15) is 11.8 Å². The summed E-state index contributed by atoms with van der Waals surface area (Å²) in [4.78, 5) is 12.1. The van der Waals surface area contributed by atoms with E-state index in [0.29, 0.717) is 24.0 Å². The highest BCUT2D eigenvalue weighted by molar-refractivity contribution is 8.01. The van der Waals surface area contributed by atoms with Crippen molar-refractivity contribution in [2.75, 3.05) is 30.9 Å². The van der Waals surface area contributed by atoms with Crippen molar-refractivity contribution in [1.82, 2.24) is 5.32 Å². The first-order chi connectivity index (χ1) is 9.33. The van der Waals surface area contributed by atoms with E-state index < -0.39 is 15.4 Å². The highest BCUT2D eigenvalue weighted by Gasteiger charge is 2.45. The molecule has 0 spiro atoms. The average Bonchev–Trinajstić information content (AvgIpc) is 2.73. The second-order valence-corrected chi connectivity index (χ2v) is 8.87. The number of carbonyl (C=O) groups excluding carboxylic acids is 1. The smallest absolute Gasteiger partial charge is 0.326 e. The zero-order valence-electron chi connectivity index (χ0n) is 12.5. The third kappa shape index (κ3) is 5.26. The monoisotopic (exact) mass is 323 g/mol. The van der Waals surface area contributed by atoms with Gasteiger partial charge in [-0.15, -0.1) is 0 Å². The van der Waals surface area contributed by atoms with Gasteiger partial charge >= 0.3 is 5.97 Å². The highest BCUT2D eigenvalue weighted by Crippen LogP contribution is 2.38. The molecule has 0 aromatic rings. The van der Waals surface area contributed by atoms with E-state index in [1.807, 2.05) is 13.8 Å². The van der Waals surface area contributed by atoms with E-state index in [0.717, 1.165) is 19.4 Å². The standard InChI is InChI=1S/C13H25NO4S2/c1-4-14-13(12(15)18-5-2)7-6-11(10-13)19-8-9-20(3,16)17/h11,14H,4-10H2,1-3H3. The normalized spacial score (nSPS) is 26.6. The van der Waals surface area contributed by atoms with Crippen molar-refractivity contribution in [3.8, 4) is 0 Å². The Hall–Kier alpha value is -0.270. The summed E-state index contributed by atoms with van der Waals surface area (Å²) in [6.07, 6.45) is 3.65. The second-order valence-electron chi connectivity index (χ2n) is 5.20. The van der Waals surface area contributed by atoms with E-state index >= 15 is 0 Å². The number of nitrogens with one attached hydrogen (secondary N) is 1. The fraction of sp³-hybridized carbons (Fsp3) is 0.923. The molecule has 7 heteroatoms. The van der Waals surface area contributed by atoms with Crippen LogP contribution in [0.1, 0.15) is 33.1 Å². The predicted molar refractivity (Wildman–Crippen MR) is 82.8 cm³/mol. The lowest BCUT2D eigenvalue weighted by atomic mass is 9.98. The Morgan fingerprint density at radius 1 is 1.45 bits per heavy atom. The maximum atomic E-state index is 12.1. The Morgan fingerprint density at radius 2 is 2.15 bits per heavy atom. The van der Waals surface area contributed by atoms with Gasteiger partial charge in [0.05, 0.1) is 12.4 Å². The van der Waals surface area contributed by atoms with Crippen molar-refractivity contribution in [2.24, 2.45) is 0 Å². The summed E-state index contributed by atoms with van der Waals surface area (Å²) in [7, 11) is -2.91. The SMILES string of the molecule is CCNC1(C(=O)OCC)CCC(SCCS(C)(=O)=O)C1. The van der Waals surface area contributed by atoms with Crippen molar-refractivity contribution in [3.63, 3.8) is 0 Å². The van der Waals surface area contributed by atoms with Gasteiger partial charge < -0.3 is 10.1 Å². The van der Waals surface area contributed by atoms with Crippen LogP contribution < -0.4 is 5.32 Å². The molecule has 0 aliphatic heterocycles. The van der Waals surface area contributed by atoms with Crippen LogP contribution in [0.15, 0.2) is 0 Å². The molecule has 1 rings (SSSR count). The number of hydrogen-bond donors (Lipinski definition) is 1. The molecule has 5 nitrogen and oxygen atoms in total. The predicted octanol–water partition coefficient (Wildman–Crippen LogP) is 1.23. The molecule has 0 radical (unpaired) electrons. The number of carbonyl (C=O) groups is 1. The largest absolute Gasteiger partial charge is 0.465 e. The average molecular weight is 323 g/mol. The lowest BCUT2D eigenvalue weighted by Crippen LogP contribution is -2.51. The van der Waals surface area contributed by atoms with Gasteiger partial charge in [-0.1, -0.05) is 6.92 Å². The molecule has 1 fully saturated rings. The number of sulfone groups is 1. The van der Waals surface area contributed by atoms with E-state index in [4.69, 9.17) is 4.74 Å². The first-order valence-corrected chi connectivity index (χ1v) is 10.2. The van der Waals surface area contributed by atoms with Crippen LogP contribution in [0.25, 0.3) is 0 Å². The number of thioether (sulfide) groups is 1. The lowest BCUT2D eigenvalue weighted by molar-refractivity contribution is -0.151. The summed E-state index contributed by atoms with van der Waals surface area (Å²) in [6, 6.07) is 0. The van der Waals surface area contributed by atoms with E-state index in [9.17, 15) is 13.2 Å². The third-order valence-electron chi connectivity index (χ3n) is 3.46. The zero-order valence-corrected chi connectivity index (χ0v) is 14.1. The number of likely N-dealkylation sites (N-methyl/N-ethyl adjacent to an activating group) is 1. The Bertz CT molecular complexity index is 424. The van der Waals surface area contributed by atoms with Gasteiger partial charge in [-0.25, -0.2) is 8.42 Å². The van der Waals surface area contributed by atoms with Gasteiger partial charge in [0.25, 0.3) is 0 Å². The van der Waals surface area contributed by atoms with Crippen molar-refractivity contribution >= 4 is 27.6 Å². The minimum Gasteiger partial charge on any atom is -0.465 e. The molecular weight excluding hydrogens is 298 g/mol. The van der Waals surface area contributed by atoms with Crippen LogP contribution in [0.3, 0.4) is 0 Å². The Morgan fingerprint density at radius 3 is 2.70 bits per heavy atom. The molecule has 1 N–H and O–H groups in total. The molecule has 1 saturated carbocycles. The molecule has 1 aliphatic rings. The number of hydrogen-bond acceptors (Lipinski definition) is 6. The van der Waals surface area contributed by atoms with Crippen LogP contribution in [0, 0.1) is 0 Å². The van der Waals surface area contributed by atoms with Crippen LogP contribution in [-0.2, 0) is 19.4 Å². The quantitative estimate of drug-likeness (QED) is 0.677. The second kappa shape index (κ2) is 7.66. The molecule has 0 aromatic carbocycles. The Balaban J connectivity index is 2.54. The molecule has 2 atom stereocenters. The summed E-state index contributed by atoms with van der Waals surface area (Å²) >= 11 is 1.65. The summed E-state index contributed by atoms with van der Waals surface area (Å²) < 4.78 is 27.4. The van der Waals surface area contributed by atoms with Gasteiger partial charge in [0.15, 0.2) is 0 Å². The summed E-state index contributed by atoms with van der Waals surface area (Å²) in [5, 5.41) is 3.59. The highest BCUT2D eigenvalue weighted by atomic mass is 32.2. The summed E-state index contributed by atoms with van der Waals surface area (Å²) in [6.45, 7) is 4.90. The molecule has 20 heavy (non-hydrogen) atoms. The fourth-order valence-corrected chi connectivity index (χ4v) is 5.15. The van der Waals surface area contributed by atoms with Gasteiger partial charge in [0.1, 0.15) is 15.4 Å². The van der Waals surface area contributed by atoms with Gasteiger partial charge in [-0.3, -0.25) is 4.79 Å². The van der Waals surface area contributed by atoms with Crippen molar-refractivity contribution in [2.45, 2.75) is 43.9 Å². The summed E-state index contributed by atoms with van der Waals surface area (Å²) in [5.41, 5.74) is -0.576. The van der Waals surface area contributed by atoms with E-state index in [-0.39, 0.29) is 11.7 Å². The van der Waals surface area contributed by atoms with E-state index in [1.54, 1.807) is 11.8 Å². The van der Waals surface area contributed by atoms with Gasteiger partial charge in [0, 0.05) is 17.3 Å². The van der Waals surface area contributed by atoms with Gasteiger partial charge in [-0.05, 0) is 32.7 Å². The minimum atomic E-state index is -2.91. The van der Waals surface area contributed by atoms with Gasteiger partial charge in [0.2, 0.25) is 0 Å². The van der Waals surface area contributed by atoms with Crippen molar-refractivity contribution in [1.29, 1.82) is 0 Å². The first-order valence-electron chi connectivity index (χ1n) is 7.04. The van der Waals surface area contributed by atoms with Crippen LogP contribution in [0.5, 0.6) is 0 Å². The Labute approximate surface area is 126 Å². The van der Waals surface area contributed by atoms with Crippen molar-refractivity contribution < 1.29 is 17.9 Å². The van der Waals surface area contributed by atoms with Crippen LogP contribution in [-0.4, -0.2) is 56.1 Å². The topological polar surface area (TPSA) is 72.5 Å². The molecular formula is C13H25NO4S2. The van der Waals surface area contributed by atoms with Crippen molar-refractivity contribution in [3.05, 3.63) is 0 Å². The zero-order chi connectivity index (χ0) is 15.2. The third-order valence-corrected chi connectivity index (χ3v) is 5.98. The van der Waals surface area contributed by atoms with E-state index in [1.165, 1.54) is 6.26 Å². The molecule has 1 aliphatic carbocycles. The molecule has 0 bridgehead atoms. The number of rotatable bonds is 8. The molecule has 0 heterocycles. The minimum absolute atomic E-state index is 0.173. The van der Waals surface area contributed by atoms with Crippen LogP contribution >= 0.6 is 11.8 Å². The maximum Gasteiger partial charge on any atom is 0.326 e.